The number of nitrogens with zero attached hydrogens (tertiary/aromatic N) is 1. The summed E-state index contributed by atoms with van der Waals surface area (Å²) in [7, 11) is -4.36. The molecule has 5 nitrogen and oxygen atoms in total. The van der Waals surface area contributed by atoms with Gasteiger partial charge in [-0.3, -0.25) is 9.10 Å². The predicted octanol–water partition coefficient (Wildman–Crippen LogP) is 5.50. The van der Waals surface area contributed by atoms with Crippen LogP contribution in [0.4, 0.5) is 24.5 Å². The minimum atomic E-state index is -4.65. The number of aryl methyl sites for hydroxylation is 1. The van der Waals surface area contributed by atoms with E-state index >= 15 is 0 Å². The first-order chi connectivity index (χ1) is 15.6. The van der Waals surface area contributed by atoms with Crippen molar-refractivity contribution in [2.45, 2.75) is 19.6 Å². The van der Waals surface area contributed by atoms with E-state index in [4.69, 9.17) is 0 Å². The molecule has 0 aromatic heterocycles. The Morgan fingerprint density at radius 2 is 1.67 bits per heavy atom. The second-order valence-electron chi connectivity index (χ2n) is 7.54. The summed E-state index contributed by atoms with van der Waals surface area (Å²) < 4.78 is 68.0. The molecule has 3 aromatic carbocycles. The third-order valence-electron chi connectivity index (χ3n) is 5.21. The number of fused-ring (bicyclic) bond motifs is 1. The number of nitrogens with one attached hydrogen (secondary N) is 1. The molecule has 0 spiro atoms. The zero-order valence-corrected chi connectivity index (χ0v) is 18.2. The van der Waals surface area contributed by atoms with E-state index in [1.807, 2.05) is 19.1 Å². The Balaban J connectivity index is 1.79. The molecule has 1 N–H and O–H groups in total. The molecule has 4 rings (SSSR count). The van der Waals surface area contributed by atoms with Crippen molar-refractivity contribution >= 4 is 27.2 Å². The largest absolute Gasteiger partial charge is 0.418 e. The summed E-state index contributed by atoms with van der Waals surface area (Å²) in [6.07, 6.45) is -3.82. The number of halogens is 3. The molecule has 0 amide bonds. The van der Waals surface area contributed by atoms with Crippen LogP contribution in [0.2, 0.25) is 0 Å². The zero-order chi connectivity index (χ0) is 23.8. The number of Topliss-reactive ketones (excluding diaryl/α,β-unsaturated/α-hetero) is 1. The van der Waals surface area contributed by atoms with Crippen LogP contribution in [0.1, 0.15) is 27.0 Å². The molecule has 1 heterocycles. The van der Waals surface area contributed by atoms with Gasteiger partial charge in [0.2, 0.25) is 5.78 Å². The first kappa shape index (κ1) is 22.6. The Morgan fingerprint density at radius 1 is 0.970 bits per heavy atom. The quantitative estimate of drug-likeness (QED) is 0.510. The minimum absolute atomic E-state index is 0.0369. The molecular formula is C24H19F3N2O3S. The molecule has 33 heavy (non-hydrogen) atoms. The van der Waals surface area contributed by atoms with Crippen LogP contribution in [0.15, 0.2) is 83.9 Å². The highest BCUT2D eigenvalue weighted by Crippen LogP contribution is 2.38. The summed E-state index contributed by atoms with van der Waals surface area (Å²) in [5.74, 6) is -0.789. The van der Waals surface area contributed by atoms with Crippen LogP contribution >= 0.6 is 0 Å². The maximum Gasteiger partial charge on any atom is 0.418 e. The van der Waals surface area contributed by atoms with Gasteiger partial charge in [0.25, 0.3) is 10.0 Å². The average molecular weight is 472 g/mol. The van der Waals surface area contributed by atoms with Crippen molar-refractivity contribution in [1.29, 1.82) is 0 Å². The number of ketones is 1. The van der Waals surface area contributed by atoms with Crippen molar-refractivity contribution < 1.29 is 26.4 Å². The van der Waals surface area contributed by atoms with Gasteiger partial charge in [-0.25, -0.2) is 8.42 Å². The van der Waals surface area contributed by atoms with E-state index in [1.165, 1.54) is 24.3 Å². The molecule has 3 aromatic rings. The molecule has 1 aliphatic heterocycles. The molecule has 9 heteroatoms. The normalized spacial score (nSPS) is 16.5. The predicted molar refractivity (Wildman–Crippen MR) is 120 cm³/mol. The molecule has 0 bridgehead atoms. The first-order valence-electron chi connectivity index (χ1n) is 9.94. The number of rotatable bonds is 4. The van der Waals surface area contributed by atoms with Gasteiger partial charge in [-0.15, -0.1) is 0 Å². The Hall–Kier alpha value is -3.59. The van der Waals surface area contributed by atoms with Crippen LogP contribution in [0, 0.1) is 6.92 Å². The van der Waals surface area contributed by atoms with Crippen LogP contribution in [-0.4, -0.2) is 14.2 Å². The Kier molecular flexibility index (Phi) is 5.75. The lowest BCUT2D eigenvalue weighted by atomic mass is 10.1. The fourth-order valence-electron chi connectivity index (χ4n) is 3.67. The molecular weight excluding hydrogens is 453 g/mol. The molecule has 0 aliphatic carbocycles. The second-order valence-corrected chi connectivity index (χ2v) is 9.37. The van der Waals surface area contributed by atoms with E-state index in [2.05, 4.69) is 5.32 Å². The fraction of sp³-hybridized carbons (Fsp3) is 0.125. The van der Waals surface area contributed by atoms with Crippen molar-refractivity contribution in [3.63, 3.8) is 0 Å². The summed E-state index contributed by atoms with van der Waals surface area (Å²) in [5.41, 5.74) is 0.683. The number of carbonyl (C=O) groups excluding carboxylic acids is 1. The summed E-state index contributed by atoms with van der Waals surface area (Å²) in [4.78, 5) is 12.4. The Morgan fingerprint density at radius 3 is 2.39 bits per heavy atom. The van der Waals surface area contributed by atoms with E-state index in [1.54, 1.807) is 24.3 Å². The lowest BCUT2D eigenvalue weighted by Gasteiger charge is -2.31. The van der Waals surface area contributed by atoms with Crippen LogP contribution in [0.5, 0.6) is 0 Å². The summed E-state index contributed by atoms with van der Waals surface area (Å²) in [6.45, 7) is 1.84. The molecule has 0 saturated heterocycles. The highest BCUT2D eigenvalue weighted by Gasteiger charge is 2.40. The number of para-hydroxylation sites is 2. The third-order valence-corrected chi connectivity index (χ3v) is 6.97. The minimum Gasteiger partial charge on any atom is -0.360 e. The van der Waals surface area contributed by atoms with Crippen molar-refractivity contribution in [1.82, 2.24) is 0 Å². The molecule has 0 saturated carbocycles. The lowest BCUT2D eigenvalue weighted by molar-refractivity contribution is -0.136. The van der Waals surface area contributed by atoms with Crippen LogP contribution < -0.4 is 9.62 Å². The number of benzene rings is 3. The van der Waals surface area contributed by atoms with E-state index in [0.29, 0.717) is 5.56 Å². The number of allylic oxidation sites excluding steroid dienone is 1. The van der Waals surface area contributed by atoms with E-state index in [0.717, 1.165) is 28.2 Å². The van der Waals surface area contributed by atoms with Crippen molar-refractivity contribution in [2.75, 3.05) is 9.62 Å². The van der Waals surface area contributed by atoms with Gasteiger partial charge in [-0.05, 0) is 36.8 Å². The van der Waals surface area contributed by atoms with Gasteiger partial charge in [-0.1, -0.05) is 54.1 Å². The standard InChI is InChI=1S/C24H19F3N2O3S/c1-16-7-6-8-17(13-16)15-29-21-12-5-2-9-18(21)23(30)22(33(29,31)32)14-28-20-11-4-3-10-19(20)24(25,26)27/h2-14,28H,15H2,1H3/b22-14+. The van der Waals surface area contributed by atoms with Gasteiger partial charge in [0.1, 0.15) is 0 Å². The number of hydrogen-bond acceptors (Lipinski definition) is 4. The maximum absolute atomic E-state index is 13.5. The Bertz CT molecular complexity index is 1370. The second kappa shape index (κ2) is 8.40. The zero-order valence-electron chi connectivity index (χ0n) is 17.4. The molecule has 0 fully saturated rings. The highest BCUT2D eigenvalue weighted by molar-refractivity contribution is 7.97. The van der Waals surface area contributed by atoms with E-state index in [-0.39, 0.29) is 23.5 Å². The van der Waals surface area contributed by atoms with Gasteiger partial charge in [-0.2, -0.15) is 13.2 Å². The average Bonchev–Trinajstić information content (AvgIpc) is 2.76. The van der Waals surface area contributed by atoms with Crippen molar-refractivity contribution in [2.24, 2.45) is 0 Å². The third kappa shape index (κ3) is 4.36. The molecule has 1 aliphatic rings. The maximum atomic E-state index is 13.5. The highest BCUT2D eigenvalue weighted by atomic mass is 32.2. The van der Waals surface area contributed by atoms with Crippen LogP contribution in [-0.2, 0) is 22.7 Å². The summed E-state index contributed by atoms with van der Waals surface area (Å²) in [5, 5.41) is 2.39. The molecule has 0 atom stereocenters. The number of carbonyl (C=O) groups is 1. The van der Waals surface area contributed by atoms with E-state index in [9.17, 15) is 26.4 Å². The van der Waals surface area contributed by atoms with Gasteiger partial charge < -0.3 is 5.32 Å². The number of anilines is 2. The fourth-order valence-corrected chi connectivity index (χ4v) is 5.19. The van der Waals surface area contributed by atoms with Gasteiger partial charge in [0.15, 0.2) is 4.91 Å². The van der Waals surface area contributed by atoms with E-state index < -0.39 is 32.5 Å². The Labute approximate surface area is 189 Å². The van der Waals surface area contributed by atoms with Gasteiger partial charge in [0.05, 0.1) is 23.5 Å². The number of alkyl halides is 3. The van der Waals surface area contributed by atoms with Crippen molar-refractivity contribution in [3.05, 3.63) is 106 Å². The van der Waals surface area contributed by atoms with Crippen LogP contribution in [0.3, 0.4) is 0 Å². The molecule has 0 unspecified atom stereocenters. The van der Waals surface area contributed by atoms with Crippen molar-refractivity contribution in [3.8, 4) is 0 Å². The SMILES string of the molecule is Cc1cccc(CN2c3ccccc3C(=O)/C(=C\Nc3ccccc3C(F)(F)F)S2(=O)=O)c1. The first-order valence-corrected chi connectivity index (χ1v) is 11.4. The summed E-state index contributed by atoms with van der Waals surface area (Å²) >= 11 is 0. The smallest absolute Gasteiger partial charge is 0.360 e. The monoisotopic (exact) mass is 472 g/mol. The number of sulfonamides is 1. The molecule has 170 valence electrons. The van der Waals surface area contributed by atoms with Gasteiger partial charge in [0, 0.05) is 11.8 Å². The molecule has 0 radical (unpaired) electrons. The van der Waals surface area contributed by atoms with Gasteiger partial charge >= 0.3 is 6.18 Å². The lowest BCUT2D eigenvalue weighted by Crippen LogP contribution is -2.39. The summed E-state index contributed by atoms with van der Waals surface area (Å²) in [6, 6.07) is 18.2. The number of hydrogen-bond donors (Lipinski definition) is 1. The van der Waals surface area contributed by atoms with Crippen LogP contribution in [0.25, 0.3) is 0 Å². The topological polar surface area (TPSA) is 66.5 Å².